The Bertz CT molecular complexity index is 1490. The van der Waals surface area contributed by atoms with Gasteiger partial charge < -0.3 is 9.47 Å². The Balaban J connectivity index is 1.41. The molecule has 0 aliphatic heterocycles. The zero-order valence-electron chi connectivity index (χ0n) is 18.4. The molecule has 35 heavy (non-hydrogen) atoms. The molecule has 0 spiro atoms. The van der Waals surface area contributed by atoms with Crippen LogP contribution in [0.25, 0.3) is 10.1 Å². The number of benzene rings is 3. The lowest BCUT2D eigenvalue weighted by atomic mass is 10.1. The van der Waals surface area contributed by atoms with Crippen molar-refractivity contribution >= 4 is 39.2 Å². The summed E-state index contributed by atoms with van der Waals surface area (Å²) in [6, 6.07) is 20.6. The number of nitrogens with zero attached hydrogens (tertiary/aromatic N) is 3. The van der Waals surface area contributed by atoms with E-state index < -0.39 is 10.8 Å². The molecule has 9 nitrogen and oxygen atoms in total. The van der Waals surface area contributed by atoms with E-state index in [1.165, 1.54) is 36.8 Å². The molecule has 4 rings (SSSR count). The molecule has 0 aliphatic carbocycles. The van der Waals surface area contributed by atoms with Crippen LogP contribution >= 0.6 is 11.3 Å². The summed E-state index contributed by atoms with van der Waals surface area (Å²) >= 11 is 1.22. The Kier molecular flexibility index (Phi) is 6.99. The summed E-state index contributed by atoms with van der Waals surface area (Å²) in [5.74, 6) is 0.551. The van der Waals surface area contributed by atoms with Gasteiger partial charge in [0.2, 0.25) is 0 Å². The molecule has 1 N–H and O–H groups in total. The fourth-order valence-electron chi connectivity index (χ4n) is 3.27. The van der Waals surface area contributed by atoms with E-state index in [1.54, 1.807) is 42.5 Å². The van der Waals surface area contributed by atoms with E-state index in [9.17, 15) is 20.2 Å². The summed E-state index contributed by atoms with van der Waals surface area (Å²) in [7, 11) is 1.51. The number of non-ortho nitro benzene ring substituents is 1. The molecule has 4 aromatic rings. The van der Waals surface area contributed by atoms with E-state index >= 15 is 0 Å². The van der Waals surface area contributed by atoms with E-state index in [2.05, 4.69) is 16.6 Å². The molecule has 0 atom stereocenters. The molecule has 1 aromatic heterocycles. The van der Waals surface area contributed by atoms with Crippen LogP contribution in [0.15, 0.2) is 71.8 Å². The minimum Gasteiger partial charge on any atom is -0.493 e. The third-order valence-electron chi connectivity index (χ3n) is 5.02. The van der Waals surface area contributed by atoms with Gasteiger partial charge in [-0.2, -0.15) is 10.4 Å². The predicted molar refractivity (Wildman–Crippen MR) is 132 cm³/mol. The van der Waals surface area contributed by atoms with E-state index in [0.29, 0.717) is 32.9 Å². The molecule has 0 bridgehead atoms. The van der Waals surface area contributed by atoms with Crippen LogP contribution in [0.1, 0.15) is 26.4 Å². The fraction of sp³-hybridized carbons (Fsp3) is 0.0800. The fourth-order valence-corrected chi connectivity index (χ4v) is 4.20. The van der Waals surface area contributed by atoms with Gasteiger partial charge in [0.25, 0.3) is 11.6 Å². The van der Waals surface area contributed by atoms with Crippen LogP contribution in [0.3, 0.4) is 0 Å². The number of nitrogens with one attached hydrogen (secondary N) is 1. The third-order valence-corrected chi connectivity index (χ3v) is 6.14. The number of carbonyl (C=O) groups is 1. The summed E-state index contributed by atoms with van der Waals surface area (Å²) in [5, 5.41) is 24.8. The Labute approximate surface area is 204 Å². The summed E-state index contributed by atoms with van der Waals surface area (Å²) in [4.78, 5) is 23.3. The summed E-state index contributed by atoms with van der Waals surface area (Å²) in [5.41, 5.74) is 4.40. The number of hydrogen-bond donors (Lipinski definition) is 1. The van der Waals surface area contributed by atoms with Gasteiger partial charge in [0, 0.05) is 27.8 Å². The molecule has 0 unspecified atom stereocenters. The lowest BCUT2D eigenvalue weighted by molar-refractivity contribution is -0.384. The van der Waals surface area contributed by atoms with Crippen molar-refractivity contribution in [2.45, 2.75) is 6.61 Å². The summed E-state index contributed by atoms with van der Waals surface area (Å²) < 4.78 is 12.0. The van der Waals surface area contributed by atoms with Crippen LogP contribution in [-0.4, -0.2) is 24.2 Å². The normalized spacial score (nSPS) is 10.7. The van der Waals surface area contributed by atoms with Gasteiger partial charge in [0.1, 0.15) is 6.61 Å². The number of nitro groups is 1. The van der Waals surface area contributed by atoms with Crippen molar-refractivity contribution in [3.63, 3.8) is 0 Å². The van der Waals surface area contributed by atoms with E-state index in [4.69, 9.17) is 9.47 Å². The molecular weight excluding hydrogens is 468 g/mol. The van der Waals surface area contributed by atoms with Crippen molar-refractivity contribution in [1.29, 1.82) is 5.26 Å². The summed E-state index contributed by atoms with van der Waals surface area (Å²) in [6.07, 6.45) is 1.47. The number of nitriles is 1. The highest BCUT2D eigenvalue weighted by atomic mass is 32.1. The van der Waals surface area contributed by atoms with Crippen molar-refractivity contribution in [2.24, 2.45) is 5.10 Å². The van der Waals surface area contributed by atoms with E-state index in [1.807, 2.05) is 12.1 Å². The molecule has 0 aliphatic rings. The molecule has 0 radical (unpaired) electrons. The van der Waals surface area contributed by atoms with Crippen LogP contribution < -0.4 is 14.9 Å². The van der Waals surface area contributed by atoms with Crippen molar-refractivity contribution in [2.75, 3.05) is 7.11 Å². The van der Waals surface area contributed by atoms with Gasteiger partial charge in [-0.05, 0) is 42.0 Å². The molecule has 10 heteroatoms. The number of rotatable bonds is 8. The second-order valence-electron chi connectivity index (χ2n) is 7.26. The Morgan fingerprint density at radius 2 is 2.00 bits per heavy atom. The Morgan fingerprint density at radius 1 is 1.17 bits per heavy atom. The van der Waals surface area contributed by atoms with Gasteiger partial charge in [-0.25, -0.2) is 5.43 Å². The first-order valence-corrected chi connectivity index (χ1v) is 11.1. The average Bonchev–Trinajstić information content (AvgIpc) is 3.31. The zero-order valence-corrected chi connectivity index (χ0v) is 19.2. The number of nitro benzene ring substituents is 1. The highest BCUT2D eigenvalue weighted by Crippen LogP contribution is 2.30. The minimum atomic E-state index is -0.475. The molecule has 3 aromatic carbocycles. The molecule has 0 saturated carbocycles. The van der Waals surface area contributed by atoms with Crippen LogP contribution in [0.5, 0.6) is 11.5 Å². The first-order chi connectivity index (χ1) is 17.0. The maximum atomic E-state index is 12.5. The largest absolute Gasteiger partial charge is 0.493 e. The highest BCUT2D eigenvalue weighted by molar-refractivity contribution is 7.20. The van der Waals surface area contributed by atoms with Gasteiger partial charge in [0.05, 0.1) is 34.8 Å². The number of hydrogen-bond acceptors (Lipinski definition) is 8. The van der Waals surface area contributed by atoms with Crippen LogP contribution in [0.4, 0.5) is 5.69 Å². The predicted octanol–water partition coefficient (Wildman–Crippen LogP) is 5.03. The van der Waals surface area contributed by atoms with Crippen molar-refractivity contribution in [3.05, 3.63) is 98.4 Å². The zero-order chi connectivity index (χ0) is 24.8. The molecule has 174 valence electrons. The minimum absolute atomic E-state index is 0.0316. The molecule has 1 heterocycles. The van der Waals surface area contributed by atoms with E-state index in [0.717, 1.165) is 10.3 Å². The van der Waals surface area contributed by atoms with E-state index in [-0.39, 0.29) is 12.3 Å². The quantitative estimate of drug-likeness (QED) is 0.211. The third kappa shape index (κ3) is 5.43. The Morgan fingerprint density at radius 3 is 2.77 bits per heavy atom. The standard InChI is InChI=1S/C25H18N4O5S/c1-33-22-10-16(6-8-21(22)34-15-18-5-3-2-4-17(18)13-26)14-27-28-25(30)24-12-19-11-20(29(31)32)7-9-23(19)35-24/h2-12,14H,15H2,1H3,(H,28,30). The van der Waals surface area contributed by atoms with Crippen LogP contribution in [0, 0.1) is 21.4 Å². The SMILES string of the molecule is COc1cc(C=NNC(=O)c2cc3cc([N+](=O)[O-])ccc3s2)ccc1OCc1ccccc1C#N. The van der Waals surface area contributed by atoms with Crippen LogP contribution in [0.2, 0.25) is 0 Å². The Hall–Kier alpha value is -4.75. The molecular formula is C25H18N4O5S. The highest BCUT2D eigenvalue weighted by Gasteiger charge is 2.13. The number of methoxy groups -OCH3 is 1. The second-order valence-corrected chi connectivity index (χ2v) is 8.34. The monoisotopic (exact) mass is 486 g/mol. The number of hydrazone groups is 1. The topological polar surface area (TPSA) is 127 Å². The first kappa shape index (κ1) is 23.4. The molecule has 0 fully saturated rings. The maximum Gasteiger partial charge on any atom is 0.281 e. The van der Waals surface area contributed by atoms with Crippen molar-refractivity contribution < 1.29 is 19.2 Å². The molecule has 0 saturated heterocycles. The summed E-state index contributed by atoms with van der Waals surface area (Å²) in [6.45, 7) is 0.210. The number of fused-ring (bicyclic) bond motifs is 1. The van der Waals surface area contributed by atoms with Gasteiger partial charge in [-0.3, -0.25) is 14.9 Å². The number of thiophene rings is 1. The first-order valence-electron chi connectivity index (χ1n) is 10.3. The van der Waals surface area contributed by atoms with Crippen molar-refractivity contribution in [3.8, 4) is 17.6 Å². The number of amides is 1. The molecule has 1 amide bonds. The van der Waals surface area contributed by atoms with Gasteiger partial charge in [-0.15, -0.1) is 11.3 Å². The second kappa shape index (κ2) is 10.5. The van der Waals surface area contributed by atoms with Gasteiger partial charge in [0.15, 0.2) is 11.5 Å². The maximum absolute atomic E-state index is 12.5. The van der Waals surface area contributed by atoms with Gasteiger partial charge >= 0.3 is 0 Å². The number of carbonyl (C=O) groups excluding carboxylic acids is 1. The average molecular weight is 487 g/mol. The number of ether oxygens (including phenoxy) is 2. The van der Waals surface area contributed by atoms with Crippen molar-refractivity contribution in [1.82, 2.24) is 5.43 Å². The lowest BCUT2D eigenvalue weighted by Crippen LogP contribution is -2.16. The lowest BCUT2D eigenvalue weighted by Gasteiger charge is -2.12. The van der Waals surface area contributed by atoms with Crippen LogP contribution in [-0.2, 0) is 6.61 Å². The van der Waals surface area contributed by atoms with Gasteiger partial charge in [-0.1, -0.05) is 18.2 Å². The smallest absolute Gasteiger partial charge is 0.281 e.